The molecule has 3 fully saturated rings. The quantitative estimate of drug-likeness (QED) is 0.208. The van der Waals surface area contributed by atoms with E-state index in [0.29, 0.717) is 38.1 Å². The zero-order chi connectivity index (χ0) is 31.2. The van der Waals surface area contributed by atoms with Crippen LogP contribution in [0.2, 0.25) is 0 Å². The molecule has 0 aromatic carbocycles. The van der Waals surface area contributed by atoms with Gasteiger partial charge in [-0.15, -0.1) is 0 Å². The molecule has 3 rings (SSSR count). The molecule has 1 saturated heterocycles. The highest BCUT2D eigenvalue weighted by Gasteiger charge is 2.41. The van der Waals surface area contributed by atoms with Gasteiger partial charge in [-0.2, -0.15) is 0 Å². The SMILES string of the molecule is CCN(CC(=O)N[C@@H](CC(=O)O)C(=O)N(C1CCCCC1)[C@@H](CC1CCCCC1)C(=O)O)C(=O)CCCC1CCNCC1. The number of carboxylic acids is 2. The normalized spacial score (nSPS) is 20.1. The van der Waals surface area contributed by atoms with Crippen LogP contribution in [0.15, 0.2) is 0 Å². The van der Waals surface area contributed by atoms with Crippen molar-refractivity contribution in [1.29, 1.82) is 0 Å². The molecule has 2 saturated carbocycles. The van der Waals surface area contributed by atoms with Gasteiger partial charge in [0.15, 0.2) is 0 Å². The number of amides is 3. The molecule has 2 atom stereocenters. The van der Waals surface area contributed by atoms with E-state index < -0.39 is 42.3 Å². The van der Waals surface area contributed by atoms with Gasteiger partial charge in [0.1, 0.15) is 12.1 Å². The smallest absolute Gasteiger partial charge is 0.326 e. The zero-order valence-corrected chi connectivity index (χ0v) is 26.1. The largest absolute Gasteiger partial charge is 0.481 e. The summed E-state index contributed by atoms with van der Waals surface area (Å²) in [4.78, 5) is 67.5. The fourth-order valence-electron chi connectivity index (χ4n) is 7.23. The Bertz CT molecular complexity index is 927. The molecule has 1 aliphatic heterocycles. The van der Waals surface area contributed by atoms with Gasteiger partial charge in [-0.25, -0.2) is 4.79 Å². The molecule has 43 heavy (non-hydrogen) atoms. The molecule has 2 aliphatic carbocycles. The minimum absolute atomic E-state index is 0.144. The molecule has 1 heterocycles. The zero-order valence-electron chi connectivity index (χ0n) is 26.1. The Hall–Kier alpha value is -2.69. The van der Waals surface area contributed by atoms with Crippen molar-refractivity contribution in [2.75, 3.05) is 26.2 Å². The number of nitrogens with one attached hydrogen (secondary N) is 2. The lowest BCUT2D eigenvalue weighted by molar-refractivity contribution is -0.156. The second-order valence-electron chi connectivity index (χ2n) is 12.8. The summed E-state index contributed by atoms with van der Waals surface area (Å²) in [6.45, 7) is 3.82. The van der Waals surface area contributed by atoms with Gasteiger partial charge in [0, 0.05) is 19.0 Å². The van der Waals surface area contributed by atoms with Crippen molar-refractivity contribution in [3.8, 4) is 0 Å². The summed E-state index contributed by atoms with van der Waals surface area (Å²) in [6.07, 6.45) is 13.0. The molecule has 11 heteroatoms. The van der Waals surface area contributed by atoms with Gasteiger partial charge in [-0.1, -0.05) is 51.4 Å². The third-order valence-electron chi connectivity index (χ3n) is 9.67. The molecular formula is C32H54N4O7. The number of hydrogen-bond acceptors (Lipinski definition) is 6. The number of carbonyl (C=O) groups excluding carboxylic acids is 3. The van der Waals surface area contributed by atoms with E-state index in [1.54, 1.807) is 6.92 Å². The molecule has 4 N–H and O–H groups in total. The highest BCUT2D eigenvalue weighted by atomic mass is 16.4. The first-order valence-corrected chi connectivity index (χ1v) is 16.7. The molecule has 3 amide bonds. The molecule has 0 unspecified atom stereocenters. The topological polar surface area (TPSA) is 156 Å². The van der Waals surface area contributed by atoms with Crippen LogP contribution in [-0.2, 0) is 24.0 Å². The van der Waals surface area contributed by atoms with Crippen molar-refractivity contribution < 1.29 is 34.2 Å². The second kappa shape index (κ2) is 18.2. The predicted octanol–water partition coefficient (Wildman–Crippen LogP) is 3.55. The van der Waals surface area contributed by atoms with Gasteiger partial charge in [0.05, 0.1) is 13.0 Å². The Balaban J connectivity index is 1.69. The highest BCUT2D eigenvalue weighted by molar-refractivity contribution is 5.94. The summed E-state index contributed by atoms with van der Waals surface area (Å²) in [5.74, 6) is -2.96. The first-order valence-electron chi connectivity index (χ1n) is 16.7. The fraction of sp³-hybridized carbons (Fsp3) is 0.844. The molecule has 0 aromatic heterocycles. The third kappa shape index (κ3) is 11.4. The number of carbonyl (C=O) groups is 5. The lowest BCUT2D eigenvalue weighted by atomic mass is 9.83. The van der Waals surface area contributed by atoms with Crippen molar-refractivity contribution in [3.05, 3.63) is 0 Å². The molecule has 0 radical (unpaired) electrons. The number of piperidine rings is 1. The van der Waals surface area contributed by atoms with E-state index in [-0.39, 0.29) is 24.4 Å². The van der Waals surface area contributed by atoms with Crippen LogP contribution in [0, 0.1) is 11.8 Å². The van der Waals surface area contributed by atoms with Gasteiger partial charge in [0.25, 0.3) is 0 Å². The Labute approximate surface area is 256 Å². The number of nitrogens with zero attached hydrogens (tertiary/aromatic N) is 2. The number of aliphatic carboxylic acids is 2. The fourth-order valence-corrected chi connectivity index (χ4v) is 7.23. The minimum Gasteiger partial charge on any atom is -0.481 e. The van der Waals surface area contributed by atoms with Gasteiger partial charge >= 0.3 is 11.9 Å². The summed E-state index contributed by atoms with van der Waals surface area (Å²) in [6, 6.07) is -2.79. The molecular weight excluding hydrogens is 552 g/mol. The van der Waals surface area contributed by atoms with E-state index in [0.717, 1.165) is 90.1 Å². The van der Waals surface area contributed by atoms with Crippen molar-refractivity contribution in [3.63, 3.8) is 0 Å². The Morgan fingerprint density at radius 1 is 0.860 bits per heavy atom. The molecule has 3 aliphatic rings. The summed E-state index contributed by atoms with van der Waals surface area (Å²) in [5, 5.41) is 25.9. The lowest BCUT2D eigenvalue weighted by Crippen LogP contribution is -2.59. The standard InChI is InChI=1S/C32H54N4O7/c1-2-35(29(38)15-9-12-23-16-18-33-19-17-23)22-28(37)34-26(21-30(39)40)31(41)36(25-13-7-4-8-14-25)27(32(42)43)20-24-10-5-3-6-11-24/h23-27,33H,2-22H2,1H3,(H,34,37)(H,39,40)(H,42,43)/t26-,27-/m0/s1. The van der Waals surface area contributed by atoms with Crippen LogP contribution in [0.3, 0.4) is 0 Å². The number of hydrogen-bond donors (Lipinski definition) is 4. The third-order valence-corrected chi connectivity index (χ3v) is 9.67. The maximum Gasteiger partial charge on any atom is 0.326 e. The van der Waals surface area contributed by atoms with Crippen LogP contribution in [0.5, 0.6) is 0 Å². The summed E-state index contributed by atoms with van der Waals surface area (Å²) in [7, 11) is 0. The highest BCUT2D eigenvalue weighted by Crippen LogP contribution is 2.32. The molecule has 0 aromatic rings. The van der Waals surface area contributed by atoms with E-state index in [4.69, 9.17) is 0 Å². The van der Waals surface area contributed by atoms with Gasteiger partial charge in [-0.05, 0) is 76.8 Å². The van der Waals surface area contributed by atoms with Crippen molar-refractivity contribution >= 4 is 29.7 Å². The van der Waals surface area contributed by atoms with E-state index >= 15 is 0 Å². The van der Waals surface area contributed by atoms with Gasteiger partial charge < -0.3 is 30.6 Å². The number of likely N-dealkylation sites (N-methyl/N-ethyl adjacent to an activating group) is 1. The van der Waals surface area contributed by atoms with Crippen molar-refractivity contribution in [2.24, 2.45) is 11.8 Å². The average molecular weight is 607 g/mol. The van der Waals surface area contributed by atoms with Gasteiger partial charge in [-0.3, -0.25) is 19.2 Å². The van der Waals surface area contributed by atoms with Crippen LogP contribution in [0.1, 0.15) is 116 Å². The lowest BCUT2D eigenvalue weighted by Gasteiger charge is -2.41. The van der Waals surface area contributed by atoms with E-state index in [9.17, 15) is 34.2 Å². The molecule has 244 valence electrons. The average Bonchev–Trinajstić information content (AvgIpc) is 3.00. The van der Waals surface area contributed by atoms with Crippen LogP contribution >= 0.6 is 0 Å². The molecule has 0 spiro atoms. The second-order valence-corrected chi connectivity index (χ2v) is 12.8. The number of rotatable bonds is 16. The first kappa shape index (κ1) is 34.8. The van der Waals surface area contributed by atoms with Crippen molar-refractivity contribution in [2.45, 2.75) is 134 Å². The monoisotopic (exact) mass is 606 g/mol. The first-order chi connectivity index (χ1) is 20.7. The van der Waals surface area contributed by atoms with Crippen LogP contribution in [0.4, 0.5) is 0 Å². The van der Waals surface area contributed by atoms with Gasteiger partial charge in [0.2, 0.25) is 17.7 Å². The Kier molecular flexibility index (Phi) is 14.7. The summed E-state index contributed by atoms with van der Waals surface area (Å²) >= 11 is 0. The summed E-state index contributed by atoms with van der Waals surface area (Å²) < 4.78 is 0. The summed E-state index contributed by atoms with van der Waals surface area (Å²) in [5.41, 5.74) is 0. The Morgan fingerprint density at radius 2 is 1.49 bits per heavy atom. The maximum atomic E-state index is 14.1. The van der Waals surface area contributed by atoms with Crippen molar-refractivity contribution in [1.82, 2.24) is 20.4 Å². The van der Waals surface area contributed by atoms with Crippen LogP contribution in [-0.4, -0.2) is 94.0 Å². The van der Waals surface area contributed by atoms with E-state index in [1.807, 2.05) is 0 Å². The molecule has 11 nitrogen and oxygen atoms in total. The van der Waals surface area contributed by atoms with E-state index in [2.05, 4.69) is 10.6 Å². The number of carboxylic acid groups (broad SMARTS) is 2. The maximum absolute atomic E-state index is 14.1. The Morgan fingerprint density at radius 3 is 2.07 bits per heavy atom. The minimum atomic E-state index is -1.41. The van der Waals surface area contributed by atoms with Crippen LogP contribution < -0.4 is 10.6 Å². The van der Waals surface area contributed by atoms with E-state index in [1.165, 1.54) is 9.80 Å². The molecule has 0 bridgehead atoms. The predicted molar refractivity (Wildman–Crippen MR) is 162 cm³/mol. The van der Waals surface area contributed by atoms with Crippen LogP contribution in [0.25, 0.3) is 0 Å².